The van der Waals surface area contributed by atoms with Crippen LogP contribution in [0.2, 0.25) is 0 Å². The van der Waals surface area contributed by atoms with Gasteiger partial charge in [-0.2, -0.15) is 0 Å². The highest BCUT2D eigenvalue weighted by Gasteiger charge is 2.23. The normalized spacial score (nSPS) is 24.3. The number of likely N-dealkylation sites (N-methyl/N-ethyl adjacent to an activating group) is 2. The molecular formula is C9H19N3O. The highest BCUT2D eigenvalue weighted by Crippen LogP contribution is 1.98. The van der Waals surface area contributed by atoms with E-state index in [9.17, 15) is 4.79 Å². The van der Waals surface area contributed by atoms with Crippen molar-refractivity contribution in [3.8, 4) is 0 Å². The Kier molecular flexibility index (Phi) is 4.18. The third-order valence-electron chi connectivity index (χ3n) is 2.37. The Hall–Kier alpha value is -0.610. The van der Waals surface area contributed by atoms with Gasteiger partial charge in [0.05, 0.1) is 6.04 Å². The van der Waals surface area contributed by atoms with Crippen molar-refractivity contribution in [2.24, 2.45) is 0 Å². The Balaban J connectivity index is 2.37. The monoisotopic (exact) mass is 185 g/mol. The van der Waals surface area contributed by atoms with Crippen LogP contribution in [-0.4, -0.2) is 49.6 Å². The predicted molar refractivity (Wildman–Crippen MR) is 52.6 cm³/mol. The first-order valence-corrected chi connectivity index (χ1v) is 5.01. The smallest absolute Gasteiger partial charge is 0.238 e. The summed E-state index contributed by atoms with van der Waals surface area (Å²) in [4.78, 5) is 13.7. The molecule has 1 amide bonds. The van der Waals surface area contributed by atoms with Crippen LogP contribution in [-0.2, 0) is 4.79 Å². The maximum atomic E-state index is 11.5. The molecule has 1 aliphatic rings. The summed E-state index contributed by atoms with van der Waals surface area (Å²) in [5.41, 5.74) is 0. The van der Waals surface area contributed by atoms with Gasteiger partial charge in [-0.15, -0.1) is 0 Å². The van der Waals surface area contributed by atoms with E-state index in [-0.39, 0.29) is 11.9 Å². The molecule has 0 aromatic heterocycles. The standard InChI is InChI=1S/C9H19N3O/c1-3-10-9(13)8-7-12(4-2)6-5-11-8/h8,11H,3-7H2,1-2H3,(H,10,13)/t8-/m1/s1. The predicted octanol–water partition coefficient (Wildman–Crippen LogP) is -0.584. The molecule has 1 fully saturated rings. The minimum absolute atomic E-state index is 0.0198. The fourth-order valence-corrected chi connectivity index (χ4v) is 1.57. The van der Waals surface area contributed by atoms with Gasteiger partial charge in [-0.25, -0.2) is 0 Å². The summed E-state index contributed by atoms with van der Waals surface area (Å²) in [5.74, 6) is 0.126. The Morgan fingerprint density at radius 3 is 3.00 bits per heavy atom. The zero-order valence-electron chi connectivity index (χ0n) is 8.47. The number of amides is 1. The summed E-state index contributed by atoms with van der Waals surface area (Å²) in [7, 11) is 0. The number of nitrogens with zero attached hydrogens (tertiary/aromatic N) is 1. The fraction of sp³-hybridized carbons (Fsp3) is 0.889. The quantitative estimate of drug-likeness (QED) is 0.618. The highest BCUT2D eigenvalue weighted by atomic mass is 16.2. The van der Waals surface area contributed by atoms with E-state index in [2.05, 4.69) is 22.5 Å². The molecule has 0 spiro atoms. The van der Waals surface area contributed by atoms with Crippen molar-refractivity contribution < 1.29 is 4.79 Å². The molecule has 0 bridgehead atoms. The Labute approximate surface area is 79.7 Å². The Bertz CT molecular complexity index is 172. The lowest BCUT2D eigenvalue weighted by Gasteiger charge is -2.31. The van der Waals surface area contributed by atoms with E-state index < -0.39 is 0 Å². The largest absolute Gasteiger partial charge is 0.355 e. The number of carbonyl (C=O) groups is 1. The summed E-state index contributed by atoms with van der Waals surface area (Å²) in [5, 5.41) is 6.05. The van der Waals surface area contributed by atoms with E-state index in [1.807, 2.05) is 6.92 Å². The molecule has 76 valence electrons. The summed E-state index contributed by atoms with van der Waals surface area (Å²) in [6, 6.07) is -0.0198. The maximum Gasteiger partial charge on any atom is 0.238 e. The van der Waals surface area contributed by atoms with Crippen molar-refractivity contribution in [1.29, 1.82) is 0 Å². The third kappa shape index (κ3) is 2.97. The Morgan fingerprint density at radius 2 is 2.38 bits per heavy atom. The van der Waals surface area contributed by atoms with Crippen LogP contribution in [0.15, 0.2) is 0 Å². The highest BCUT2D eigenvalue weighted by molar-refractivity contribution is 5.82. The van der Waals surface area contributed by atoms with Gasteiger partial charge in [-0.05, 0) is 13.5 Å². The van der Waals surface area contributed by atoms with Crippen LogP contribution in [0.5, 0.6) is 0 Å². The number of hydrogen-bond donors (Lipinski definition) is 2. The molecule has 0 aromatic carbocycles. The third-order valence-corrected chi connectivity index (χ3v) is 2.37. The van der Waals surface area contributed by atoms with E-state index >= 15 is 0 Å². The molecule has 0 radical (unpaired) electrons. The lowest BCUT2D eigenvalue weighted by atomic mass is 10.2. The molecule has 1 aliphatic heterocycles. The zero-order chi connectivity index (χ0) is 9.68. The van der Waals surface area contributed by atoms with Crippen LogP contribution in [0.4, 0.5) is 0 Å². The second-order valence-electron chi connectivity index (χ2n) is 3.29. The van der Waals surface area contributed by atoms with Crippen molar-refractivity contribution in [3.05, 3.63) is 0 Å². The number of piperazine rings is 1. The summed E-state index contributed by atoms with van der Waals surface area (Å²) >= 11 is 0. The van der Waals surface area contributed by atoms with Crippen molar-refractivity contribution in [1.82, 2.24) is 15.5 Å². The fourth-order valence-electron chi connectivity index (χ4n) is 1.57. The average molecular weight is 185 g/mol. The van der Waals surface area contributed by atoms with E-state index in [0.29, 0.717) is 6.54 Å². The van der Waals surface area contributed by atoms with Crippen LogP contribution >= 0.6 is 0 Å². The molecule has 4 heteroatoms. The molecule has 1 atom stereocenters. The van der Waals surface area contributed by atoms with Gasteiger partial charge in [0.25, 0.3) is 0 Å². The van der Waals surface area contributed by atoms with Crippen molar-refractivity contribution in [2.45, 2.75) is 19.9 Å². The maximum absolute atomic E-state index is 11.5. The van der Waals surface area contributed by atoms with E-state index in [4.69, 9.17) is 0 Å². The van der Waals surface area contributed by atoms with Crippen LogP contribution in [0, 0.1) is 0 Å². The number of hydrogen-bond acceptors (Lipinski definition) is 3. The molecular weight excluding hydrogens is 166 g/mol. The van der Waals surface area contributed by atoms with Gasteiger partial charge < -0.3 is 15.5 Å². The number of rotatable bonds is 3. The molecule has 4 nitrogen and oxygen atoms in total. The minimum Gasteiger partial charge on any atom is -0.355 e. The summed E-state index contributed by atoms with van der Waals surface area (Å²) in [6.45, 7) is 8.60. The first-order chi connectivity index (χ1) is 6.27. The molecule has 1 saturated heterocycles. The summed E-state index contributed by atoms with van der Waals surface area (Å²) < 4.78 is 0. The first-order valence-electron chi connectivity index (χ1n) is 5.01. The van der Waals surface area contributed by atoms with Crippen molar-refractivity contribution >= 4 is 5.91 Å². The molecule has 1 heterocycles. The minimum atomic E-state index is -0.0198. The van der Waals surface area contributed by atoms with Gasteiger partial charge in [-0.1, -0.05) is 6.92 Å². The van der Waals surface area contributed by atoms with Gasteiger partial charge in [0.2, 0.25) is 5.91 Å². The topological polar surface area (TPSA) is 44.4 Å². The van der Waals surface area contributed by atoms with Crippen molar-refractivity contribution in [3.63, 3.8) is 0 Å². The van der Waals surface area contributed by atoms with Crippen LogP contribution in [0.25, 0.3) is 0 Å². The molecule has 13 heavy (non-hydrogen) atoms. The van der Waals surface area contributed by atoms with Gasteiger partial charge in [-0.3, -0.25) is 4.79 Å². The van der Waals surface area contributed by atoms with Crippen LogP contribution in [0.1, 0.15) is 13.8 Å². The van der Waals surface area contributed by atoms with Gasteiger partial charge in [0.1, 0.15) is 0 Å². The average Bonchev–Trinajstić information content (AvgIpc) is 2.18. The van der Waals surface area contributed by atoms with Gasteiger partial charge in [0, 0.05) is 26.2 Å². The SMILES string of the molecule is CCNC(=O)[C@H]1CN(CC)CCN1. The zero-order valence-corrected chi connectivity index (χ0v) is 8.47. The van der Waals surface area contributed by atoms with E-state index in [0.717, 1.165) is 26.2 Å². The second kappa shape index (κ2) is 5.19. The summed E-state index contributed by atoms with van der Waals surface area (Å²) in [6.07, 6.45) is 0. The molecule has 0 saturated carbocycles. The molecule has 0 unspecified atom stereocenters. The molecule has 0 aromatic rings. The lowest BCUT2D eigenvalue weighted by Crippen LogP contribution is -2.56. The van der Waals surface area contributed by atoms with Gasteiger partial charge >= 0.3 is 0 Å². The number of nitrogens with one attached hydrogen (secondary N) is 2. The van der Waals surface area contributed by atoms with E-state index in [1.165, 1.54) is 0 Å². The van der Waals surface area contributed by atoms with E-state index in [1.54, 1.807) is 0 Å². The first kappa shape index (κ1) is 10.5. The van der Waals surface area contributed by atoms with Crippen molar-refractivity contribution in [2.75, 3.05) is 32.7 Å². The second-order valence-corrected chi connectivity index (χ2v) is 3.29. The molecule has 1 rings (SSSR count). The molecule has 0 aliphatic carbocycles. The van der Waals surface area contributed by atoms with Gasteiger partial charge in [0.15, 0.2) is 0 Å². The van der Waals surface area contributed by atoms with Crippen LogP contribution < -0.4 is 10.6 Å². The number of carbonyl (C=O) groups excluding carboxylic acids is 1. The Morgan fingerprint density at radius 1 is 1.62 bits per heavy atom. The molecule has 2 N–H and O–H groups in total. The van der Waals surface area contributed by atoms with Crippen LogP contribution in [0.3, 0.4) is 0 Å². The lowest BCUT2D eigenvalue weighted by molar-refractivity contribution is -0.124.